The number of carbonyl (C=O) groups excluding carboxylic acids is 2. The summed E-state index contributed by atoms with van der Waals surface area (Å²) in [6.45, 7) is -3.32. The quantitative estimate of drug-likeness (QED) is 0.233. The largest absolute Gasteiger partial charge is 0.435 e. The number of fused-ring (bicyclic) bond motifs is 1. The lowest BCUT2D eigenvalue weighted by Crippen LogP contribution is -2.30. The van der Waals surface area contributed by atoms with E-state index in [2.05, 4.69) is 20.1 Å². The summed E-state index contributed by atoms with van der Waals surface area (Å²) in [5, 5.41) is 6.94. The van der Waals surface area contributed by atoms with E-state index >= 15 is 4.39 Å². The van der Waals surface area contributed by atoms with Gasteiger partial charge in [-0.15, -0.1) is 0 Å². The summed E-state index contributed by atoms with van der Waals surface area (Å²) >= 11 is 0. The molecule has 16 heteroatoms. The number of nitrogens with zero attached hydrogens (tertiary/aromatic N) is 3. The molecule has 2 atom stereocenters. The predicted molar refractivity (Wildman–Crippen MR) is 142 cm³/mol. The van der Waals surface area contributed by atoms with E-state index in [4.69, 9.17) is 5.73 Å². The Morgan fingerprint density at radius 2 is 1.78 bits per heavy atom. The fourth-order valence-corrected chi connectivity index (χ4v) is 5.88. The van der Waals surface area contributed by atoms with Crippen molar-refractivity contribution >= 4 is 17.5 Å². The Kier molecular flexibility index (Phi) is 8.95. The van der Waals surface area contributed by atoms with Crippen molar-refractivity contribution in [1.82, 2.24) is 19.9 Å². The number of hydrogen-bond acceptors (Lipinski definition) is 5. The number of ether oxygens (including phenoxy) is 1. The van der Waals surface area contributed by atoms with Crippen LogP contribution in [0.25, 0.3) is 5.65 Å². The minimum Gasteiger partial charge on any atom is -0.435 e. The number of alkyl halides is 7. The van der Waals surface area contributed by atoms with E-state index in [9.17, 15) is 40.3 Å². The number of nitrogens with one attached hydrogen (secondary N) is 1. The Bertz CT molecular complexity index is 1560. The lowest BCUT2D eigenvalue weighted by Gasteiger charge is -2.33. The van der Waals surface area contributed by atoms with Crippen molar-refractivity contribution in [2.75, 3.05) is 0 Å². The molecule has 0 aliphatic heterocycles. The van der Waals surface area contributed by atoms with Crippen molar-refractivity contribution < 1.29 is 49.4 Å². The minimum absolute atomic E-state index is 0.0333. The highest BCUT2D eigenvalue weighted by molar-refractivity contribution is 5.93. The van der Waals surface area contributed by atoms with E-state index in [1.165, 1.54) is 16.9 Å². The molecule has 0 spiro atoms. The number of nitrogens with two attached hydrogens (primary N) is 1. The van der Waals surface area contributed by atoms with Crippen LogP contribution in [-0.4, -0.2) is 45.1 Å². The Balaban J connectivity index is 1.53. The topological polar surface area (TPSA) is 112 Å². The molecule has 2 heterocycles. The molecule has 2 aromatic heterocycles. The number of amides is 2. The van der Waals surface area contributed by atoms with Crippen LogP contribution in [0.5, 0.6) is 5.75 Å². The molecule has 2 aliphatic carbocycles. The Hall–Kier alpha value is -3.98. The number of hydrogen-bond donors (Lipinski definition) is 2. The molecule has 5 rings (SSSR count). The Morgan fingerprint density at radius 1 is 1.09 bits per heavy atom. The molecule has 0 unspecified atom stereocenters. The van der Waals surface area contributed by atoms with E-state index < -0.39 is 91.2 Å². The van der Waals surface area contributed by atoms with Gasteiger partial charge in [0.25, 0.3) is 5.91 Å². The third kappa shape index (κ3) is 7.82. The highest BCUT2D eigenvalue weighted by Gasteiger charge is 2.41. The van der Waals surface area contributed by atoms with Crippen molar-refractivity contribution in [3.63, 3.8) is 0 Å². The molecule has 0 saturated heterocycles. The fourth-order valence-electron chi connectivity index (χ4n) is 5.88. The second-order valence-electron chi connectivity index (χ2n) is 11.5. The van der Waals surface area contributed by atoms with Crippen LogP contribution in [0.3, 0.4) is 0 Å². The van der Waals surface area contributed by atoms with Crippen LogP contribution in [0.1, 0.15) is 90.5 Å². The van der Waals surface area contributed by atoms with Gasteiger partial charge in [0.05, 0.1) is 36.1 Å². The summed E-state index contributed by atoms with van der Waals surface area (Å²) < 4.78 is 114. The first-order valence-corrected chi connectivity index (χ1v) is 14.3. The molecule has 8 nitrogen and oxygen atoms in total. The second kappa shape index (κ2) is 12.4. The zero-order valence-corrected chi connectivity index (χ0v) is 23.6. The summed E-state index contributed by atoms with van der Waals surface area (Å²) in [7, 11) is 0. The van der Waals surface area contributed by atoms with E-state index in [0.717, 1.165) is 25.0 Å². The molecule has 244 valence electrons. The first-order chi connectivity index (χ1) is 21.1. The highest BCUT2D eigenvalue weighted by atomic mass is 19.4. The zero-order valence-electron chi connectivity index (χ0n) is 23.6. The lowest BCUT2D eigenvalue weighted by molar-refractivity contribution is -0.144. The van der Waals surface area contributed by atoms with Crippen LogP contribution >= 0.6 is 0 Å². The SMILES string of the molecule is NC(=O)c1cc(OC(F)F)cc([C@@H](c2cn3ncc([C@H](NC(=O)CCC(F)(F)F)C4CC4)cc3n2)C2CCC(F)(F)CC2)c1F. The summed E-state index contributed by atoms with van der Waals surface area (Å²) in [6.07, 6.45) is -3.44. The summed E-state index contributed by atoms with van der Waals surface area (Å²) in [6, 6.07) is 2.61. The molecular formula is C29H29F8N5O3. The monoisotopic (exact) mass is 647 g/mol. The third-order valence-corrected chi connectivity index (χ3v) is 8.22. The molecule has 1 aromatic carbocycles. The van der Waals surface area contributed by atoms with Crippen LogP contribution in [0, 0.1) is 17.7 Å². The van der Waals surface area contributed by atoms with Gasteiger partial charge in [-0.3, -0.25) is 9.59 Å². The zero-order chi connectivity index (χ0) is 32.7. The number of imidazole rings is 1. The minimum atomic E-state index is -4.49. The maximum absolute atomic E-state index is 15.8. The first kappa shape index (κ1) is 32.4. The van der Waals surface area contributed by atoms with Gasteiger partial charge in [0.1, 0.15) is 11.6 Å². The third-order valence-electron chi connectivity index (χ3n) is 8.22. The van der Waals surface area contributed by atoms with E-state index in [-0.39, 0.29) is 35.7 Å². The van der Waals surface area contributed by atoms with Gasteiger partial charge in [-0.2, -0.15) is 27.1 Å². The van der Waals surface area contributed by atoms with E-state index in [1.807, 2.05) is 0 Å². The van der Waals surface area contributed by atoms with Crippen LogP contribution in [0.2, 0.25) is 0 Å². The highest BCUT2D eigenvalue weighted by Crippen LogP contribution is 2.47. The molecule has 0 bridgehead atoms. The normalized spacial score (nSPS) is 18.6. The Morgan fingerprint density at radius 3 is 2.38 bits per heavy atom. The van der Waals surface area contributed by atoms with E-state index in [0.29, 0.717) is 5.56 Å². The van der Waals surface area contributed by atoms with Gasteiger partial charge < -0.3 is 15.8 Å². The van der Waals surface area contributed by atoms with Crippen LogP contribution < -0.4 is 15.8 Å². The molecule has 0 radical (unpaired) electrons. The lowest BCUT2D eigenvalue weighted by atomic mass is 9.74. The number of primary amides is 1. The van der Waals surface area contributed by atoms with Gasteiger partial charge in [0.15, 0.2) is 5.65 Å². The van der Waals surface area contributed by atoms with Gasteiger partial charge in [0.2, 0.25) is 11.8 Å². The van der Waals surface area contributed by atoms with Crippen molar-refractivity contribution in [2.45, 2.75) is 82.0 Å². The van der Waals surface area contributed by atoms with Crippen molar-refractivity contribution in [1.29, 1.82) is 0 Å². The molecule has 3 aromatic rings. The molecule has 45 heavy (non-hydrogen) atoms. The fraction of sp³-hybridized carbons (Fsp3) is 0.517. The molecular weight excluding hydrogens is 618 g/mol. The molecule has 2 amide bonds. The van der Waals surface area contributed by atoms with Crippen molar-refractivity contribution in [3.8, 4) is 5.75 Å². The van der Waals surface area contributed by atoms with Crippen molar-refractivity contribution in [3.05, 3.63) is 58.8 Å². The summed E-state index contributed by atoms with van der Waals surface area (Å²) in [4.78, 5) is 28.9. The second-order valence-corrected chi connectivity index (χ2v) is 11.5. The number of carbonyl (C=O) groups is 2. The summed E-state index contributed by atoms with van der Waals surface area (Å²) in [5.74, 6) is -8.47. The predicted octanol–water partition coefficient (Wildman–Crippen LogP) is 6.44. The number of rotatable bonds is 11. The average molecular weight is 648 g/mol. The first-order valence-electron chi connectivity index (χ1n) is 14.3. The van der Waals surface area contributed by atoms with Gasteiger partial charge in [-0.05, 0) is 61.3 Å². The standard InChI is InChI=1S/C29H29F8N5O3/c30-24-18(10-17(45-27(31)32)11-19(24)26(38)44)23(14-3-6-28(33,34)7-4-14)20-13-42-21(40-20)9-16(12-39-42)25(15-1-2-15)41-22(43)5-8-29(35,36)37/h9-15,23,25,27H,1-8H2,(H2,38,44)(H,41,43)/t23-,25+/m0/s1. The summed E-state index contributed by atoms with van der Waals surface area (Å²) in [5.41, 5.74) is 5.07. The molecule has 2 saturated carbocycles. The van der Waals surface area contributed by atoms with Gasteiger partial charge in [-0.25, -0.2) is 22.7 Å². The molecule has 3 N–H and O–H groups in total. The number of benzene rings is 1. The number of aromatic nitrogens is 3. The molecule has 2 fully saturated rings. The number of halogens is 8. The van der Waals surface area contributed by atoms with Crippen LogP contribution in [0.4, 0.5) is 35.1 Å². The van der Waals surface area contributed by atoms with Gasteiger partial charge in [-0.1, -0.05) is 0 Å². The van der Waals surface area contributed by atoms with Crippen LogP contribution in [0.15, 0.2) is 30.6 Å². The Labute approximate surface area is 251 Å². The van der Waals surface area contributed by atoms with Gasteiger partial charge >= 0.3 is 12.8 Å². The smallest absolute Gasteiger partial charge is 0.389 e. The van der Waals surface area contributed by atoms with Crippen molar-refractivity contribution in [2.24, 2.45) is 17.6 Å². The molecule has 2 aliphatic rings. The van der Waals surface area contributed by atoms with Gasteiger partial charge in [0, 0.05) is 30.7 Å². The van der Waals surface area contributed by atoms with Crippen LogP contribution in [-0.2, 0) is 4.79 Å². The maximum atomic E-state index is 15.8. The maximum Gasteiger partial charge on any atom is 0.389 e. The average Bonchev–Trinajstić information content (AvgIpc) is 3.70. The van der Waals surface area contributed by atoms with E-state index in [1.54, 1.807) is 6.07 Å².